The van der Waals surface area contributed by atoms with Crippen LogP contribution in [0.1, 0.15) is 30.0 Å². The van der Waals surface area contributed by atoms with Crippen molar-refractivity contribution in [3.63, 3.8) is 0 Å². The van der Waals surface area contributed by atoms with E-state index in [0.29, 0.717) is 0 Å². The Kier molecular flexibility index (Phi) is 5.64. The van der Waals surface area contributed by atoms with Gasteiger partial charge in [-0.2, -0.15) is 0 Å². The first-order chi connectivity index (χ1) is 14.1. The van der Waals surface area contributed by atoms with E-state index in [1.165, 1.54) is 16.7 Å². The first-order valence-corrected chi connectivity index (χ1v) is 10.5. The minimum atomic E-state index is 0.778. The second-order valence-electron chi connectivity index (χ2n) is 7.56. The molecule has 29 heavy (non-hydrogen) atoms. The summed E-state index contributed by atoms with van der Waals surface area (Å²) in [5.74, 6) is 0.842. The molecular weight excluding hydrogens is 378 g/mol. The van der Waals surface area contributed by atoms with E-state index in [1.807, 2.05) is 12.1 Å². The van der Waals surface area contributed by atoms with Crippen LogP contribution in [0.15, 0.2) is 66.7 Å². The lowest BCUT2D eigenvalue weighted by Crippen LogP contribution is -2.02. The van der Waals surface area contributed by atoms with Gasteiger partial charge in [-0.15, -0.1) is 0 Å². The van der Waals surface area contributed by atoms with Crippen molar-refractivity contribution in [2.75, 3.05) is 7.11 Å². The lowest BCUT2D eigenvalue weighted by Gasteiger charge is -2.13. The van der Waals surface area contributed by atoms with Crippen LogP contribution >= 0.6 is 11.6 Å². The Morgan fingerprint density at radius 2 is 1.59 bits per heavy atom. The molecule has 1 heterocycles. The minimum absolute atomic E-state index is 0.778. The van der Waals surface area contributed by atoms with Crippen molar-refractivity contribution < 1.29 is 4.74 Å². The maximum Gasteiger partial charge on any atom is 0.118 e. The highest BCUT2D eigenvalue weighted by Crippen LogP contribution is 2.39. The van der Waals surface area contributed by atoms with Gasteiger partial charge in [0.05, 0.1) is 23.3 Å². The number of benzene rings is 3. The summed E-state index contributed by atoms with van der Waals surface area (Å²) >= 11 is 6.92. The zero-order valence-electron chi connectivity index (χ0n) is 17.2. The molecule has 0 bridgehead atoms. The molecule has 0 aliphatic rings. The number of rotatable bonds is 6. The van der Waals surface area contributed by atoms with Gasteiger partial charge in [-0.05, 0) is 66.4 Å². The first-order valence-electron chi connectivity index (χ1n) is 10.1. The molecule has 4 rings (SSSR count). The SMILES string of the molecule is CCCc1ccc(Cn2c(-c3ccc(OC)cc3)c(Cl)c3cc(C)ccc32)cc1. The van der Waals surface area contributed by atoms with Crippen LogP contribution in [0.3, 0.4) is 0 Å². The zero-order chi connectivity index (χ0) is 20.4. The molecular formula is C26H26ClNO. The van der Waals surface area contributed by atoms with Crippen molar-refractivity contribution in [1.29, 1.82) is 0 Å². The summed E-state index contributed by atoms with van der Waals surface area (Å²) in [5, 5.41) is 1.90. The summed E-state index contributed by atoms with van der Waals surface area (Å²) in [7, 11) is 1.68. The monoisotopic (exact) mass is 403 g/mol. The van der Waals surface area contributed by atoms with Gasteiger partial charge < -0.3 is 9.30 Å². The van der Waals surface area contributed by atoms with Crippen LogP contribution in [-0.2, 0) is 13.0 Å². The third kappa shape index (κ3) is 3.90. The van der Waals surface area contributed by atoms with E-state index in [2.05, 4.69) is 73.0 Å². The van der Waals surface area contributed by atoms with E-state index in [4.69, 9.17) is 16.3 Å². The zero-order valence-corrected chi connectivity index (χ0v) is 18.0. The van der Waals surface area contributed by atoms with Crippen molar-refractivity contribution in [1.82, 2.24) is 4.57 Å². The van der Waals surface area contributed by atoms with Crippen molar-refractivity contribution in [3.05, 3.63) is 88.4 Å². The normalized spacial score (nSPS) is 11.2. The number of aromatic nitrogens is 1. The number of ether oxygens (including phenoxy) is 1. The van der Waals surface area contributed by atoms with Gasteiger partial charge in [0, 0.05) is 11.9 Å². The highest BCUT2D eigenvalue weighted by molar-refractivity contribution is 6.38. The van der Waals surface area contributed by atoms with Gasteiger partial charge in [0.15, 0.2) is 0 Å². The number of aryl methyl sites for hydroxylation is 2. The Bertz CT molecular complexity index is 1120. The lowest BCUT2D eigenvalue weighted by atomic mass is 10.1. The summed E-state index contributed by atoms with van der Waals surface area (Å²) < 4.78 is 7.65. The quantitative estimate of drug-likeness (QED) is 0.330. The first kappa shape index (κ1) is 19.6. The maximum atomic E-state index is 6.92. The smallest absolute Gasteiger partial charge is 0.118 e. The van der Waals surface area contributed by atoms with E-state index in [0.717, 1.165) is 52.3 Å². The van der Waals surface area contributed by atoms with Crippen LogP contribution < -0.4 is 4.74 Å². The number of methoxy groups -OCH3 is 1. The predicted molar refractivity (Wildman–Crippen MR) is 123 cm³/mol. The van der Waals surface area contributed by atoms with E-state index >= 15 is 0 Å². The average molecular weight is 404 g/mol. The van der Waals surface area contributed by atoms with Gasteiger partial charge in [0.2, 0.25) is 0 Å². The molecule has 0 N–H and O–H groups in total. The van der Waals surface area contributed by atoms with E-state index in [1.54, 1.807) is 7.11 Å². The fourth-order valence-electron chi connectivity index (χ4n) is 3.91. The van der Waals surface area contributed by atoms with Crippen molar-refractivity contribution in [3.8, 4) is 17.0 Å². The van der Waals surface area contributed by atoms with Gasteiger partial charge in [0.25, 0.3) is 0 Å². The largest absolute Gasteiger partial charge is 0.497 e. The highest BCUT2D eigenvalue weighted by atomic mass is 35.5. The van der Waals surface area contributed by atoms with Gasteiger partial charge in [0.1, 0.15) is 5.75 Å². The second-order valence-corrected chi connectivity index (χ2v) is 7.94. The molecule has 0 saturated carbocycles. The standard InChI is InChI=1S/C26H26ClNO/c1-4-5-19-7-9-20(10-8-19)17-28-24-15-6-18(2)16-23(24)25(27)26(28)21-11-13-22(29-3)14-12-21/h6-16H,4-5,17H2,1-3H3. The molecule has 0 fully saturated rings. The summed E-state index contributed by atoms with van der Waals surface area (Å²) in [6.07, 6.45) is 2.28. The van der Waals surface area contributed by atoms with Crippen molar-refractivity contribution in [2.24, 2.45) is 0 Å². The molecule has 148 valence electrons. The highest BCUT2D eigenvalue weighted by Gasteiger charge is 2.18. The Labute approximate surface area is 177 Å². The van der Waals surface area contributed by atoms with E-state index in [-0.39, 0.29) is 0 Å². The molecule has 4 aromatic rings. The Balaban J connectivity index is 1.84. The van der Waals surface area contributed by atoms with Gasteiger partial charge >= 0.3 is 0 Å². The maximum absolute atomic E-state index is 6.92. The molecule has 0 aliphatic carbocycles. The predicted octanol–water partition coefficient (Wildman–Crippen LogP) is 7.28. The van der Waals surface area contributed by atoms with Crippen LogP contribution in [-0.4, -0.2) is 11.7 Å². The Hall–Kier alpha value is -2.71. The Morgan fingerprint density at radius 3 is 2.24 bits per heavy atom. The second kappa shape index (κ2) is 8.34. The molecule has 0 unspecified atom stereocenters. The number of halogens is 1. The van der Waals surface area contributed by atoms with Crippen molar-refractivity contribution in [2.45, 2.75) is 33.2 Å². The van der Waals surface area contributed by atoms with Crippen LogP contribution in [0.4, 0.5) is 0 Å². The molecule has 3 aromatic carbocycles. The molecule has 2 nitrogen and oxygen atoms in total. The molecule has 0 spiro atoms. The van der Waals surface area contributed by atoms with Gasteiger partial charge in [-0.3, -0.25) is 0 Å². The number of nitrogens with zero attached hydrogens (tertiary/aromatic N) is 1. The van der Waals surface area contributed by atoms with Crippen LogP contribution in [0, 0.1) is 6.92 Å². The third-order valence-corrected chi connectivity index (χ3v) is 5.81. The molecule has 0 atom stereocenters. The topological polar surface area (TPSA) is 14.2 Å². The van der Waals surface area contributed by atoms with E-state index < -0.39 is 0 Å². The summed E-state index contributed by atoms with van der Waals surface area (Å²) in [4.78, 5) is 0. The number of hydrogen-bond acceptors (Lipinski definition) is 1. The molecule has 1 aromatic heterocycles. The van der Waals surface area contributed by atoms with Crippen molar-refractivity contribution >= 4 is 22.5 Å². The van der Waals surface area contributed by atoms with Crippen LogP contribution in [0.25, 0.3) is 22.2 Å². The molecule has 0 aliphatic heterocycles. The Morgan fingerprint density at radius 1 is 0.897 bits per heavy atom. The minimum Gasteiger partial charge on any atom is -0.497 e. The average Bonchev–Trinajstić information content (AvgIpc) is 3.01. The summed E-state index contributed by atoms with van der Waals surface area (Å²) in [6, 6.07) is 23.6. The van der Waals surface area contributed by atoms with Gasteiger partial charge in [-0.25, -0.2) is 0 Å². The number of fused-ring (bicyclic) bond motifs is 1. The fraction of sp³-hybridized carbons (Fsp3) is 0.231. The fourth-order valence-corrected chi connectivity index (χ4v) is 4.27. The molecule has 0 saturated heterocycles. The van der Waals surface area contributed by atoms with E-state index in [9.17, 15) is 0 Å². The lowest BCUT2D eigenvalue weighted by molar-refractivity contribution is 0.415. The molecule has 3 heteroatoms. The number of hydrogen-bond donors (Lipinski definition) is 0. The molecule has 0 amide bonds. The summed E-state index contributed by atoms with van der Waals surface area (Å²) in [5.41, 5.74) is 7.16. The molecule has 0 radical (unpaired) electrons. The summed E-state index contributed by atoms with van der Waals surface area (Å²) in [6.45, 7) is 5.09. The van der Waals surface area contributed by atoms with Crippen LogP contribution in [0.5, 0.6) is 5.75 Å². The third-order valence-electron chi connectivity index (χ3n) is 5.42. The van der Waals surface area contributed by atoms with Crippen LogP contribution in [0.2, 0.25) is 5.02 Å². The van der Waals surface area contributed by atoms with Gasteiger partial charge in [-0.1, -0.05) is 60.8 Å².